The number of carbonyl (C=O) groups is 2. The number of hydrogen-bond donors (Lipinski definition) is 2. The van der Waals surface area contributed by atoms with Gasteiger partial charge in [-0.25, -0.2) is 14.8 Å². The zero-order valence-electron chi connectivity index (χ0n) is 15.4. The summed E-state index contributed by atoms with van der Waals surface area (Å²) in [5, 5.41) is 9.50. The van der Waals surface area contributed by atoms with Crippen molar-refractivity contribution in [2.75, 3.05) is 7.11 Å². The van der Waals surface area contributed by atoms with Crippen molar-refractivity contribution in [2.45, 2.75) is 25.8 Å². The molecule has 1 amide bonds. The summed E-state index contributed by atoms with van der Waals surface area (Å²) in [6.45, 7) is 2.00. The van der Waals surface area contributed by atoms with Gasteiger partial charge >= 0.3 is 5.97 Å². The van der Waals surface area contributed by atoms with Crippen LogP contribution in [-0.4, -0.2) is 45.2 Å². The predicted molar refractivity (Wildman–Crippen MR) is 98.3 cm³/mol. The van der Waals surface area contributed by atoms with E-state index >= 15 is 0 Å². The summed E-state index contributed by atoms with van der Waals surface area (Å²) < 4.78 is 10.3. The fraction of sp³-hybridized carbons (Fsp3) is 0.316. The number of aromatic amines is 1. The van der Waals surface area contributed by atoms with Crippen LogP contribution in [0.2, 0.25) is 0 Å². The van der Waals surface area contributed by atoms with Crippen molar-refractivity contribution in [3.8, 4) is 22.8 Å². The molecule has 1 atom stereocenters. The van der Waals surface area contributed by atoms with E-state index in [0.29, 0.717) is 28.8 Å². The average Bonchev–Trinajstić information content (AvgIpc) is 3.25. The van der Waals surface area contributed by atoms with Gasteiger partial charge in [-0.2, -0.15) is 5.10 Å². The van der Waals surface area contributed by atoms with Gasteiger partial charge in [-0.1, -0.05) is 12.1 Å². The minimum Gasteiger partial charge on any atom is -0.463 e. The van der Waals surface area contributed by atoms with E-state index in [1.807, 2.05) is 6.92 Å². The van der Waals surface area contributed by atoms with Gasteiger partial charge in [-0.15, -0.1) is 0 Å². The number of amides is 1. The lowest BCUT2D eigenvalue weighted by Gasteiger charge is -2.10. The molecule has 4 rings (SSSR count). The molecule has 28 heavy (non-hydrogen) atoms. The highest BCUT2D eigenvalue weighted by Gasteiger charge is 2.29. The van der Waals surface area contributed by atoms with Gasteiger partial charge in [-0.3, -0.25) is 9.89 Å². The van der Waals surface area contributed by atoms with Crippen LogP contribution < -0.4 is 5.32 Å². The molecule has 0 saturated heterocycles. The molecule has 1 aliphatic rings. The number of nitrogens with zero attached hydrogens (tertiary/aromatic N) is 3. The number of nitrogens with one attached hydrogen (secondary N) is 2. The van der Waals surface area contributed by atoms with E-state index in [1.165, 1.54) is 13.3 Å². The topological polar surface area (TPSA) is 123 Å². The Labute approximate surface area is 160 Å². The molecule has 2 N–H and O–H groups in total. The first-order valence-corrected chi connectivity index (χ1v) is 8.93. The van der Waals surface area contributed by atoms with E-state index in [0.717, 1.165) is 12.8 Å². The first-order valence-electron chi connectivity index (χ1n) is 8.93. The van der Waals surface area contributed by atoms with Crippen LogP contribution in [0.5, 0.6) is 0 Å². The number of methoxy groups -OCH3 is 1. The normalized spacial score (nSPS) is 14.5. The van der Waals surface area contributed by atoms with Crippen LogP contribution in [0.25, 0.3) is 22.8 Å². The van der Waals surface area contributed by atoms with Crippen molar-refractivity contribution in [2.24, 2.45) is 5.92 Å². The van der Waals surface area contributed by atoms with Gasteiger partial charge < -0.3 is 14.5 Å². The molecular weight excluding hydrogens is 362 g/mol. The van der Waals surface area contributed by atoms with Crippen molar-refractivity contribution >= 4 is 11.9 Å². The second-order valence-electron chi connectivity index (χ2n) is 6.71. The molecule has 0 radical (unpaired) electrons. The van der Waals surface area contributed by atoms with Gasteiger partial charge in [0.15, 0.2) is 5.82 Å². The van der Waals surface area contributed by atoms with Gasteiger partial charge in [0.25, 0.3) is 5.91 Å². The van der Waals surface area contributed by atoms with Gasteiger partial charge in [-0.05, 0) is 37.8 Å². The summed E-state index contributed by atoms with van der Waals surface area (Å²) in [6, 6.07) is 7.28. The first-order chi connectivity index (χ1) is 13.5. The van der Waals surface area contributed by atoms with Gasteiger partial charge in [0, 0.05) is 17.2 Å². The molecule has 0 unspecified atom stereocenters. The number of ether oxygens (including phenoxy) is 1. The van der Waals surface area contributed by atoms with E-state index in [4.69, 9.17) is 4.42 Å². The SMILES string of the molecule is COC(=O)c1nc(-c2cccc(-c3ncc(C(=O)N[C@@H](C)C4CC4)o3)c2)n[nH]1. The fourth-order valence-electron chi connectivity index (χ4n) is 2.87. The molecule has 1 fully saturated rings. The van der Waals surface area contributed by atoms with Crippen LogP contribution in [0.3, 0.4) is 0 Å². The molecule has 1 aromatic carbocycles. The second kappa shape index (κ2) is 7.26. The molecule has 144 valence electrons. The van der Waals surface area contributed by atoms with Crippen LogP contribution in [0.1, 0.15) is 40.9 Å². The summed E-state index contributed by atoms with van der Waals surface area (Å²) in [7, 11) is 1.27. The highest BCUT2D eigenvalue weighted by Crippen LogP contribution is 2.32. The number of oxazole rings is 1. The molecule has 1 aliphatic carbocycles. The lowest BCUT2D eigenvalue weighted by molar-refractivity contribution is 0.0587. The zero-order valence-corrected chi connectivity index (χ0v) is 15.4. The Morgan fingerprint density at radius 1 is 1.32 bits per heavy atom. The van der Waals surface area contributed by atoms with Crippen molar-refractivity contribution in [1.82, 2.24) is 25.5 Å². The molecule has 1 saturated carbocycles. The quantitative estimate of drug-likeness (QED) is 0.629. The van der Waals surface area contributed by atoms with Crippen LogP contribution in [-0.2, 0) is 4.74 Å². The van der Waals surface area contributed by atoms with E-state index < -0.39 is 5.97 Å². The molecule has 0 aliphatic heterocycles. The number of H-pyrrole nitrogens is 1. The summed E-state index contributed by atoms with van der Waals surface area (Å²) in [5.41, 5.74) is 1.33. The average molecular weight is 381 g/mol. The minimum absolute atomic E-state index is 0.0165. The third-order valence-electron chi connectivity index (χ3n) is 4.65. The zero-order chi connectivity index (χ0) is 19.7. The van der Waals surface area contributed by atoms with Crippen molar-refractivity contribution in [3.63, 3.8) is 0 Å². The van der Waals surface area contributed by atoms with Gasteiger partial charge in [0.05, 0.1) is 13.3 Å². The van der Waals surface area contributed by atoms with Crippen molar-refractivity contribution in [3.05, 3.63) is 42.0 Å². The maximum Gasteiger partial charge on any atom is 0.375 e. The van der Waals surface area contributed by atoms with E-state index in [-0.39, 0.29) is 23.5 Å². The highest BCUT2D eigenvalue weighted by atomic mass is 16.5. The lowest BCUT2D eigenvalue weighted by atomic mass is 10.1. The number of carbonyl (C=O) groups excluding carboxylic acids is 2. The molecule has 3 aromatic rings. The summed E-state index contributed by atoms with van der Waals surface area (Å²) >= 11 is 0. The van der Waals surface area contributed by atoms with Gasteiger partial charge in [0.2, 0.25) is 17.5 Å². The Morgan fingerprint density at radius 3 is 2.86 bits per heavy atom. The smallest absolute Gasteiger partial charge is 0.375 e. The standard InChI is InChI=1S/C19H19N5O4/c1-10(11-6-7-11)21-17(25)14-9-20-18(28-14)13-5-3-4-12(8-13)15-22-16(24-23-15)19(26)27-2/h3-5,8-11H,6-7H2,1-2H3,(H,21,25)(H,22,23,24)/t10-/m0/s1. The number of benzene rings is 1. The minimum atomic E-state index is -0.598. The van der Waals surface area contributed by atoms with Crippen molar-refractivity contribution in [1.29, 1.82) is 0 Å². The Bertz CT molecular complexity index is 1020. The molecule has 2 aromatic heterocycles. The second-order valence-corrected chi connectivity index (χ2v) is 6.71. The number of aromatic nitrogens is 4. The first kappa shape index (κ1) is 17.9. The Kier molecular flexibility index (Phi) is 4.64. The third kappa shape index (κ3) is 3.64. The summed E-state index contributed by atoms with van der Waals surface area (Å²) in [5.74, 6) is 0.519. The molecule has 9 nitrogen and oxygen atoms in total. The van der Waals surface area contributed by atoms with Crippen molar-refractivity contribution < 1.29 is 18.7 Å². The Hall–Kier alpha value is -3.49. The molecule has 9 heteroatoms. The van der Waals surface area contributed by atoms with Crippen LogP contribution in [0.15, 0.2) is 34.9 Å². The van der Waals surface area contributed by atoms with Crippen LogP contribution in [0.4, 0.5) is 0 Å². The summed E-state index contributed by atoms with van der Waals surface area (Å²) in [4.78, 5) is 32.1. The monoisotopic (exact) mass is 381 g/mol. The number of hydrogen-bond acceptors (Lipinski definition) is 7. The number of rotatable bonds is 6. The maximum atomic E-state index is 12.3. The largest absolute Gasteiger partial charge is 0.463 e. The van der Waals surface area contributed by atoms with E-state index in [2.05, 4.69) is 30.2 Å². The molecular formula is C19H19N5O4. The highest BCUT2D eigenvalue weighted by molar-refractivity contribution is 5.91. The third-order valence-corrected chi connectivity index (χ3v) is 4.65. The lowest BCUT2D eigenvalue weighted by Crippen LogP contribution is -2.33. The molecule has 0 bridgehead atoms. The Balaban J connectivity index is 1.53. The van der Waals surface area contributed by atoms with E-state index in [1.54, 1.807) is 24.3 Å². The van der Waals surface area contributed by atoms with E-state index in [9.17, 15) is 9.59 Å². The summed E-state index contributed by atoms with van der Waals surface area (Å²) in [6.07, 6.45) is 3.71. The molecule has 0 spiro atoms. The fourth-order valence-corrected chi connectivity index (χ4v) is 2.87. The van der Waals surface area contributed by atoms with Crippen LogP contribution >= 0.6 is 0 Å². The maximum absolute atomic E-state index is 12.3. The van der Waals surface area contributed by atoms with Crippen LogP contribution in [0, 0.1) is 5.92 Å². The molecule has 2 heterocycles. The predicted octanol–water partition coefficient (Wildman–Crippen LogP) is 2.44. The van der Waals surface area contributed by atoms with Gasteiger partial charge in [0.1, 0.15) is 0 Å². The Morgan fingerprint density at radius 2 is 2.11 bits per heavy atom. The number of esters is 1.